The lowest BCUT2D eigenvalue weighted by atomic mass is 10.0. The van der Waals surface area contributed by atoms with E-state index in [2.05, 4.69) is 0 Å². The van der Waals surface area contributed by atoms with Gasteiger partial charge >= 0.3 is 11.9 Å². The van der Waals surface area contributed by atoms with Crippen LogP contribution in [0.15, 0.2) is 63.8 Å². The van der Waals surface area contributed by atoms with Gasteiger partial charge in [0.25, 0.3) is 5.91 Å². The lowest BCUT2D eigenvalue weighted by Crippen LogP contribution is -2.70. The van der Waals surface area contributed by atoms with Gasteiger partial charge in [-0.25, -0.2) is 14.2 Å². The molecule has 43 heavy (non-hydrogen) atoms. The second-order valence-corrected chi connectivity index (χ2v) is 13.4. The first-order valence-corrected chi connectivity index (χ1v) is 16.3. The second kappa shape index (κ2) is 14.4. The van der Waals surface area contributed by atoms with Crippen molar-refractivity contribution in [3.8, 4) is 0 Å². The number of nitrogens with two attached hydrogens (primary N) is 1. The van der Waals surface area contributed by atoms with Crippen molar-refractivity contribution < 1.29 is 39.1 Å². The van der Waals surface area contributed by atoms with Gasteiger partial charge in [-0.2, -0.15) is 0 Å². The molecule has 2 amide bonds. The summed E-state index contributed by atoms with van der Waals surface area (Å²) in [6, 6.07) is 5.70. The summed E-state index contributed by atoms with van der Waals surface area (Å²) in [7, 11) is 0. The third-order valence-electron chi connectivity index (χ3n) is 6.41. The lowest BCUT2D eigenvalue weighted by Gasteiger charge is -2.52. The van der Waals surface area contributed by atoms with Gasteiger partial charge in [0, 0.05) is 58.0 Å². The Balaban J connectivity index is 1.50. The van der Waals surface area contributed by atoms with Crippen molar-refractivity contribution in [2.75, 3.05) is 18.1 Å². The number of pyridine rings is 1. The number of aliphatic hydroxyl groups is 1. The summed E-state index contributed by atoms with van der Waals surface area (Å²) in [6.45, 7) is 1.80. The van der Waals surface area contributed by atoms with E-state index >= 15 is 0 Å². The average molecular weight is 687 g/mol. The zero-order valence-corrected chi connectivity index (χ0v) is 26.5. The van der Waals surface area contributed by atoms with Crippen LogP contribution in [0.1, 0.15) is 12.5 Å². The fourth-order valence-electron chi connectivity index (χ4n) is 4.33. The monoisotopic (exact) mass is 685 g/mol. The number of carboxylic acids is 2. The van der Waals surface area contributed by atoms with E-state index in [4.69, 9.17) is 34.0 Å². The van der Waals surface area contributed by atoms with E-state index in [0.717, 1.165) is 22.9 Å². The van der Waals surface area contributed by atoms with E-state index in [0.29, 0.717) is 34.1 Å². The number of aliphatic hydroxyl groups excluding tert-OH is 1. The molecule has 0 saturated carbocycles. The standard InChI is InChI=1S/C27H26Cl2N4O7S3/c1-14(34)33(43-21-9-19(28)15(8-20(21)29)2-3-22(36)37)24-25(38)32-23(27(39)40)16(13-42-26(24)32)12-41-18-4-6-31(7-5-18)11-17(35)10-30/h2-9,17,24,26,35H,10-13,30H2,1H3,(H-,36,37,39,40)/p+1/t17?,24?,26-/m1/s1. The molecule has 1 fully saturated rings. The number of hydrogen-bond acceptors (Lipinski definition) is 9. The smallest absolute Gasteiger partial charge is 0.352 e. The molecule has 1 aromatic heterocycles. The van der Waals surface area contributed by atoms with E-state index in [1.807, 2.05) is 12.1 Å². The summed E-state index contributed by atoms with van der Waals surface area (Å²) in [5.41, 5.74) is 6.33. The van der Waals surface area contributed by atoms with Crippen LogP contribution in [0.5, 0.6) is 0 Å². The van der Waals surface area contributed by atoms with Gasteiger partial charge in [-0.15, -0.1) is 23.5 Å². The first-order valence-electron chi connectivity index (χ1n) is 12.7. The van der Waals surface area contributed by atoms with Gasteiger partial charge in [0.2, 0.25) is 5.91 Å². The largest absolute Gasteiger partial charge is 0.478 e. The van der Waals surface area contributed by atoms with Crippen LogP contribution < -0.4 is 10.3 Å². The molecule has 2 unspecified atom stereocenters. The van der Waals surface area contributed by atoms with Gasteiger partial charge < -0.3 is 21.1 Å². The number of carboxylic acid groups (broad SMARTS) is 2. The molecular weight excluding hydrogens is 659 g/mol. The molecule has 1 aromatic carbocycles. The Morgan fingerprint density at radius 1 is 1.23 bits per heavy atom. The number of aliphatic carboxylic acids is 2. The van der Waals surface area contributed by atoms with Gasteiger partial charge in [-0.05, 0) is 41.3 Å². The summed E-state index contributed by atoms with van der Waals surface area (Å²) in [5, 5.41) is 28.4. The Hall–Kier alpha value is -2.72. The molecule has 228 valence electrons. The highest BCUT2D eigenvalue weighted by atomic mass is 35.5. The van der Waals surface area contributed by atoms with Crippen molar-refractivity contribution in [1.29, 1.82) is 0 Å². The van der Waals surface area contributed by atoms with Crippen LogP contribution in [0.3, 0.4) is 0 Å². The first-order chi connectivity index (χ1) is 20.4. The molecule has 0 spiro atoms. The number of hydrogen-bond donors (Lipinski definition) is 4. The number of halogens is 2. The van der Waals surface area contributed by atoms with Crippen LogP contribution >= 0.6 is 58.7 Å². The molecule has 0 bridgehead atoms. The Bertz CT molecular complexity index is 1510. The van der Waals surface area contributed by atoms with Crippen LogP contribution in [0.25, 0.3) is 6.08 Å². The highest BCUT2D eigenvalue weighted by molar-refractivity contribution is 8.01. The molecule has 16 heteroatoms. The number of thioether (sulfide) groups is 2. The number of carbonyl (C=O) groups excluding carboxylic acids is 2. The summed E-state index contributed by atoms with van der Waals surface area (Å²) in [5.74, 6) is -2.65. The molecule has 11 nitrogen and oxygen atoms in total. The van der Waals surface area contributed by atoms with Crippen LogP contribution in [0.2, 0.25) is 10.0 Å². The number of β-lactam (4-membered cyclic amide) rings is 1. The Kier molecular flexibility index (Phi) is 11.1. The third kappa shape index (κ3) is 7.69. The number of nitrogens with zero attached hydrogens (tertiary/aromatic N) is 3. The first kappa shape index (κ1) is 33.2. The van der Waals surface area contributed by atoms with E-state index in [1.165, 1.54) is 57.9 Å². The average Bonchev–Trinajstić information content (AvgIpc) is 2.96. The number of aromatic nitrogens is 1. The Morgan fingerprint density at radius 3 is 2.53 bits per heavy atom. The quantitative estimate of drug-likeness (QED) is 0.0853. The number of rotatable bonds is 12. The molecule has 0 radical (unpaired) electrons. The van der Waals surface area contributed by atoms with Crippen molar-refractivity contribution >= 4 is 88.5 Å². The number of carbonyl (C=O) groups is 4. The second-order valence-electron chi connectivity index (χ2n) is 9.43. The normalized spacial score (nSPS) is 18.8. The summed E-state index contributed by atoms with van der Waals surface area (Å²) in [6.07, 6.45) is 5.16. The summed E-state index contributed by atoms with van der Waals surface area (Å²) < 4.78 is 3.06. The third-order valence-corrected chi connectivity index (χ3v) is 10.8. The predicted octanol–water partition coefficient (Wildman–Crippen LogP) is 2.97. The number of amides is 2. The maximum atomic E-state index is 13.4. The predicted molar refractivity (Wildman–Crippen MR) is 165 cm³/mol. The fourth-order valence-corrected chi connectivity index (χ4v) is 8.37. The van der Waals surface area contributed by atoms with Crippen LogP contribution in [-0.2, 0) is 25.7 Å². The SMILES string of the molecule is CC(=O)N(Sc1cc(Cl)c(C=CC(=O)O)cc1Cl)C1C(=O)N2C(C(=O)O)=C(CSc3cc[n+](CC(O)CN)cc3)CS[C@H]12. The fraction of sp³-hybridized carbons (Fsp3) is 0.296. The van der Waals surface area contributed by atoms with Gasteiger partial charge in [0.05, 0.1) is 5.02 Å². The molecule has 4 rings (SSSR count). The van der Waals surface area contributed by atoms with E-state index in [1.54, 1.807) is 17.0 Å². The molecule has 2 aliphatic rings. The molecule has 5 N–H and O–H groups in total. The highest BCUT2D eigenvalue weighted by Crippen LogP contribution is 2.46. The molecule has 3 atom stereocenters. The maximum Gasteiger partial charge on any atom is 0.352 e. The van der Waals surface area contributed by atoms with Gasteiger partial charge in [-0.1, -0.05) is 23.2 Å². The van der Waals surface area contributed by atoms with E-state index in [-0.39, 0.29) is 22.3 Å². The van der Waals surface area contributed by atoms with Gasteiger partial charge in [0.1, 0.15) is 17.2 Å². The van der Waals surface area contributed by atoms with Crippen LogP contribution in [-0.4, -0.2) is 83.8 Å². The van der Waals surface area contributed by atoms with Crippen molar-refractivity contribution in [1.82, 2.24) is 9.21 Å². The van der Waals surface area contributed by atoms with E-state index < -0.39 is 41.3 Å². The van der Waals surface area contributed by atoms with Crippen LogP contribution in [0.4, 0.5) is 0 Å². The number of benzene rings is 1. The molecular formula is C27H27Cl2N4O7S3+. The van der Waals surface area contributed by atoms with Crippen molar-refractivity contribution in [3.05, 3.63) is 69.6 Å². The van der Waals surface area contributed by atoms with Gasteiger partial charge in [-0.3, -0.25) is 18.8 Å². The molecule has 0 aliphatic carbocycles. The minimum absolute atomic E-state index is 0.0845. The minimum Gasteiger partial charge on any atom is -0.478 e. The highest BCUT2D eigenvalue weighted by Gasteiger charge is 2.57. The topological polar surface area (TPSA) is 165 Å². The Morgan fingerprint density at radius 2 is 1.93 bits per heavy atom. The molecule has 3 heterocycles. The van der Waals surface area contributed by atoms with Gasteiger partial charge in [0.15, 0.2) is 25.0 Å². The van der Waals surface area contributed by atoms with Crippen molar-refractivity contribution in [2.24, 2.45) is 5.73 Å². The summed E-state index contributed by atoms with van der Waals surface area (Å²) >= 11 is 16.4. The summed E-state index contributed by atoms with van der Waals surface area (Å²) in [4.78, 5) is 51.8. The van der Waals surface area contributed by atoms with Crippen molar-refractivity contribution in [2.45, 2.75) is 40.8 Å². The molecule has 1 saturated heterocycles. The van der Waals surface area contributed by atoms with Crippen LogP contribution in [0, 0.1) is 0 Å². The Labute approximate surface area is 269 Å². The minimum atomic E-state index is -1.23. The number of fused-ring (bicyclic) bond motifs is 1. The molecule has 2 aliphatic heterocycles. The van der Waals surface area contributed by atoms with E-state index in [9.17, 15) is 29.4 Å². The maximum absolute atomic E-state index is 13.4. The molecule has 2 aromatic rings. The van der Waals surface area contributed by atoms with Crippen molar-refractivity contribution in [3.63, 3.8) is 0 Å². The zero-order chi connectivity index (χ0) is 31.4. The lowest BCUT2D eigenvalue weighted by molar-refractivity contribution is -0.703. The zero-order valence-electron chi connectivity index (χ0n) is 22.6.